The lowest BCUT2D eigenvalue weighted by Gasteiger charge is -2.12. The molecule has 0 aliphatic rings. The van der Waals surface area contributed by atoms with Crippen molar-refractivity contribution in [3.8, 4) is 0 Å². The molecule has 6 heteroatoms. The van der Waals surface area contributed by atoms with Gasteiger partial charge in [0.1, 0.15) is 16.8 Å². The minimum Gasteiger partial charge on any atom is -0.365 e. The Bertz CT molecular complexity index is 580. The fraction of sp³-hybridized carbons (Fsp3) is 0.462. The molecule has 0 bridgehead atoms. The number of nitrogens with zero attached hydrogens (tertiary/aromatic N) is 3. The average molecular weight is 297 g/mol. The molecule has 2 heterocycles. The third-order valence-electron chi connectivity index (χ3n) is 2.88. The van der Waals surface area contributed by atoms with Gasteiger partial charge in [-0.1, -0.05) is 25.4 Å². The second kappa shape index (κ2) is 5.84. The van der Waals surface area contributed by atoms with Crippen LogP contribution in [0.15, 0.2) is 5.51 Å². The van der Waals surface area contributed by atoms with E-state index in [0.717, 1.165) is 22.9 Å². The molecule has 0 aliphatic heterocycles. The van der Waals surface area contributed by atoms with E-state index in [2.05, 4.69) is 34.1 Å². The van der Waals surface area contributed by atoms with Crippen LogP contribution in [0.5, 0.6) is 0 Å². The minimum atomic E-state index is 0.254. The van der Waals surface area contributed by atoms with E-state index in [9.17, 15) is 0 Å². The van der Waals surface area contributed by atoms with Gasteiger partial charge in [-0.2, -0.15) is 0 Å². The molecule has 2 aromatic heterocycles. The van der Waals surface area contributed by atoms with Crippen LogP contribution in [0, 0.1) is 13.8 Å². The van der Waals surface area contributed by atoms with Gasteiger partial charge in [-0.05, 0) is 13.8 Å². The highest BCUT2D eigenvalue weighted by molar-refractivity contribution is 7.09. The van der Waals surface area contributed by atoms with Crippen molar-refractivity contribution in [1.82, 2.24) is 15.0 Å². The molecule has 0 radical (unpaired) electrons. The highest BCUT2D eigenvalue weighted by atomic mass is 35.5. The number of aromatic nitrogens is 3. The van der Waals surface area contributed by atoms with Crippen LogP contribution in [-0.4, -0.2) is 15.0 Å². The van der Waals surface area contributed by atoms with Crippen molar-refractivity contribution in [2.75, 3.05) is 5.32 Å². The van der Waals surface area contributed by atoms with Crippen LogP contribution < -0.4 is 5.32 Å². The molecule has 0 aromatic carbocycles. The van der Waals surface area contributed by atoms with Crippen LogP contribution >= 0.6 is 22.9 Å². The first kappa shape index (κ1) is 14.2. The Morgan fingerprint density at radius 3 is 2.63 bits per heavy atom. The van der Waals surface area contributed by atoms with E-state index in [0.29, 0.717) is 11.7 Å². The van der Waals surface area contributed by atoms with Gasteiger partial charge in [0.15, 0.2) is 0 Å². The number of thiazole rings is 1. The molecule has 0 amide bonds. The number of aryl methyl sites for hydroxylation is 1. The second-order valence-electron chi connectivity index (χ2n) is 4.72. The fourth-order valence-electron chi connectivity index (χ4n) is 1.60. The van der Waals surface area contributed by atoms with E-state index >= 15 is 0 Å². The normalized spacial score (nSPS) is 11.1. The van der Waals surface area contributed by atoms with Crippen LogP contribution in [0.2, 0.25) is 5.15 Å². The van der Waals surface area contributed by atoms with E-state index in [-0.39, 0.29) is 5.92 Å². The van der Waals surface area contributed by atoms with Gasteiger partial charge in [0.2, 0.25) is 0 Å². The van der Waals surface area contributed by atoms with E-state index in [4.69, 9.17) is 11.6 Å². The first-order chi connectivity index (χ1) is 8.99. The van der Waals surface area contributed by atoms with Crippen LogP contribution in [0.3, 0.4) is 0 Å². The van der Waals surface area contributed by atoms with Crippen molar-refractivity contribution in [3.63, 3.8) is 0 Å². The van der Waals surface area contributed by atoms with Gasteiger partial charge in [-0.15, -0.1) is 11.3 Å². The summed E-state index contributed by atoms with van der Waals surface area (Å²) in [7, 11) is 0. The number of nitrogens with one attached hydrogen (secondary N) is 1. The largest absolute Gasteiger partial charge is 0.365 e. The molecule has 19 heavy (non-hydrogen) atoms. The van der Waals surface area contributed by atoms with E-state index in [1.54, 1.807) is 11.3 Å². The Hall–Kier alpha value is -1.20. The summed E-state index contributed by atoms with van der Waals surface area (Å²) in [5.74, 6) is 1.82. The molecule has 0 aliphatic carbocycles. The Balaban J connectivity index is 2.22. The predicted octanol–water partition coefficient (Wildman–Crippen LogP) is 3.94. The lowest BCUT2D eigenvalue weighted by molar-refractivity contribution is 0.771. The molecule has 4 nitrogen and oxygen atoms in total. The van der Waals surface area contributed by atoms with Gasteiger partial charge < -0.3 is 5.32 Å². The van der Waals surface area contributed by atoms with Crippen molar-refractivity contribution in [1.29, 1.82) is 0 Å². The zero-order valence-electron chi connectivity index (χ0n) is 11.5. The summed E-state index contributed by atoms with van der Waals surface area (Å²) in [5, 5.41) is 3.84. The Morgan fingerprint density at radius 2 is 2.05 bits per heavy atom. The van der Waals surface area contributed by atoms with Crippen LogP contribution in [0.1, 0.15) is 41.7 Å². The average Bonchev–Trinajstić information content (AvgIpc) is 2.76. The number of hydrogen-bond acceptors (Lipinski definition) is 5. The van der Waals surface area contributed by atoms with Gasteiger partial charge in [-0.25, -0.2) is 15.0 Å². The van der Waals surface area contributed by atoms with E-state index < -0.39 is 0 Å². The molecule has 1 N–H and O–H groups in total. The summed E-state index contributed by atoms with van der Waals surface area (Å²) in [4.78, 5) is 14.3. The molecule has 0 atom stereocenters. The summed E-state index contributed by atoms with van der Waals surface area (Å²) in [6.45, 7) is 8.75. The number of halogens is 1. The highest BCUT2D eigenvalue weighted by Crippen LogP contribution is 2.24. The number of hydrogen-bond donors (Lipinski definition) is 1. The Kier molecular flexibility index (Phi) is 4.37. The first-order valence-corrected chi connectivity index (χ1v) is 7.41. The van der Waals surface area contributed by atoms with E-state index in [1.807, 2.05) is 19.4 Å². The topological polar surface area (TPSA) is 50.7 Å². The maximum atomic E-state index is 6.15. The monoisotopic (exact) mass is 296 g/mol. The Morgan fingerprint density at radius 1 is 1.32 bits per heavy atom. The van der Waals surface area contributed by atoms with Gasteiger partial charge in [0, 0.05) is 16.4 Å². The molecule has 2 rings (SSSR count). The Labute approximate surface area is 122 Å². The molecule has 102 valence electrons. The van der Waals surface area contributed by atoms with Crippen LogP contribution in [-0.2, 0) is 6.54 Å². The van der Waals surface area contributed by atoms with Crippen molar-refractivity contribution in [2.45, 2.75) is 40.2 Å². The molecule has 0 saturated heterocycles. The number of rotatable bonds is 4. The van der Waals surface area contributed by atoms with Crippen molar-refractivity contribution < 1.29 is 0 Å². The maximum absolute atomic E-state index is 6.15. The summed E-state index contributed by atoms with van der Waals surface area (Å²) < 4.78 is 0. The van der Waals surface area contributed by atoms with Gasteiger partial charge >= 0.3 is 0 Å². The molecular formula is C13H17ClN4S. The molecule has 0 saturated carbocycles. The maximum Gasteiger partial charge on any atom is 0.137 e. The summed E-state index contributed by atoms with van der Waals surface area (Å²) in [5.41, 5.74) is 3.79. The van der Waals surface area contributed by atoms with Crippen LogP contribution in [0.25, 0.3) is 0 Å². The van der Waals surface area contributed by atoms with Crippen LogP contribution in [0.4, 0.5) is 5.82 Å². The molecule has 0 fully saturated rings. The van der Waals surface area contributed by atoms with Crippen molar-refractivity contribution in [3.05, 3.63) is 32.6 Å². The highest BCUT2D eigenvalue weighted by Gasteiger charge is 2.12. The summed E-state index contributed by atoms with van der Waals surface area (Å²) in [6, 6.07) is 0. The second-order valence-corrected chi connectivity index (χ2v) is 6.01. The molecule has 0 spiro atoms. The molecular weight excluding hydrogens is 280 g/mol. The fourth-order valence-corrected chi connectivity index (χ4v) is 2.49. The van der Waals surface area contributed by atoms with Gasteiger partial charge in [0.05, 0.1) is 17.7 Å². The number of anilines is 1. The molecule has 2 aromatic rings. The third-order valence-corrected chi connectivity index (χ3v) is 4.18. The zero-order valence-corrected chi connectivity index (χ0v) is 13.1. The van der Waals surface area contributed by atoms with Crippen molar-refractivity contribution in [2.24, 2.45) is 0 Å². The summed E-state index contributed by atoms with van der Waals surface area (Å²) in [6.07, 6.45) is 0. The van der Waals surface area contributed by atoms with Crippen molar-refractivity contribution >= 4 is 28.8 Å². The molecule has 0 unspecified atom stereocenters. The smallest absolute Gasteiger partial charge is 0.137 e. The third kappa shape index (κ3) is 3.22. The SMILES string of the molecule is Cc1ncsc1CNc1nc(C(C)C)nc(Cl)c1C. The first-order valence-electron chi connectivity index (χ1n) is 6.16. The predicted molar refractivity (Wildman–Crippen MR) is 80.0 cm³/mol. The lowest BCUT2D eigenvalue weighted by atomic mass is 10.2. The zero-order chi connectivity index (χ0) is 14.0. The van der Waals surface area contributed by atoms with Gasteiger partial charge in [0.25, 0.3) is 0 Å². The standard InChI is InChI=1S/C13H17ClN4S/c1-7(2)12-17-11(14)8(3)13(18-12)15-5-10-9(4)16-6-19-10/h6-7H,5H2,1-4H3,(H,15,17,18). The minimum absolute atomic E-state index is 0.254. The van der Waals surface area contributed by atoms with E-state index in [1.165, 1.54) is 4.88 Å². The quantitative estimate of drug-likeness (QED) is 0.868. The van der Waals surface area contributed by atoms with Gasteiger partial charge in [-0.3, -0.25) is 0 Å². The summed E-state index contributed by atoms with van der Waals surface area (Å²) >= 11 is 7.79. The lowest BCUT2D eigenvalue weighted by Crippen LogP contribution is -2.08.